The minimum atomic E-state index is 0.175. The van der Waals surface area contributed by atoms with Crippen molar-refractivity contribution in [2.75, 3.05) is 13.1 Å². The van der Waals surface area contributed by atoms with Gasteiger partial charge in [-0.3, -0.25) is 0 Å². The number of nitrogens with one attached hydrogen (secondary N) is 1. The Kier molecular flexibility index (Phi) is 6.29. The van der Waals surface area contributed by atoms with Gasteiger partial charge in [-0.1, -0.05) is 55.5 Å². The molecule has 2 aromatic carbocycles. The van der Waals surface area contributed by atoms with Crippen LogP contribution in [0.4, 0.5) is 0 Å². The standard InChI is InChI=1S/C19H25NO/c1-3-13-20-15-16(2)21-19-12-8-7-11-18(19)14-17-9-5-4-6-10-17/h4-12,16,20H,3,13-15H2,1-2H3. The molecule has 1 atom stereocenters. The van der Waals surface area contributed by atoms with Crippen molar-refractivity contribution in [1.29, 1.82) is 0 Å². The summed E-state index contributed by atoms with van der Waals surface area (Å²) < 4.78 is 6.10. The predicted molar refractivity (Wildman–Crippen MR) is 88.9 cm³/mol. The zero-order valence-corrected chi connectivity index (χ0v) is 13.0. The van der Waals surface area contributed by atoms with Crippen LogP contribution < -0.4 is 10.1 Å². The van der Waals surface area contributed by atoms with E-state index in [0.717, 1.165) is 31.7 Å². The quantitative estimate of drug-likeness (QED) is 0.738. The van der Waals surface area contributed by atoms with Gasteiger partial charge in [0.1, 0.15) is 11.9 Å². The average Bonchev–Trinajstić information content (AvgIpc) is 2.51. The summed E-state index contributed by atoms with van der Waals surface area (Å²) in [6, 6.07) is 18.8. The van der Waals surface area contributed by atoms with Crippen molar-refractivity contribution in [3.63, 3.8) is 0 Å². The molecule has 0 aliphatic rings. The molecule has 1 N–H and O–H groups in total. The zero-order valence-electron chi connectivity index (χ0n) is 13.0. The molecular formula is C19H25NO. The lowest BCUT2D eigenvalue weighted by Gasteiger charge is -2.18. The molecular weight excluding hydrogens is 258 g/mol. The average molecular weight is 283 g/mol. The van der Waals surface area contributed by atoms with Crippen LogP contribution in [0.5, 0.6) is 5.75 Å². The van der Waals surface area contributed by atoms with Gasteiger partial charge in [0, 0.05) is 13.0 Å². The van der Waals surface area contributed by atoms with E-state index in [2.05, 4.69) is 61.6 Å². The van der Waals surface area contributed by atoms with Crippen LogP contribution >= 0.6 is 0 Å². The Morgan fingerprint density at radius 3 is 2.48 bits per heavy atom. The van der Waals surface area contributed by atoms with Crippen LogP contribution in [0.15, 0.2) is 54.6 Å². The summed E-state index contributed by atoms with van der Waals surface area (Å²) >= 11 is 0. The molecule has 2 nitrogen and oxygen atoms in total. The van der Waals surface area contributed by atoms with Crippen molar-refractivity contribution >= 4 is 0 Å². The third-order valence-corrected chi connectivity index (χ3v) is 3.40. The van der Waals surface area contributed by atoms with Crippen LogP contribution in [0.1, 0.15) is 31.4 Å². The van der Waals surface area contributed by atoms with E-state index in [0.29, 0.717) is 0 Å². The van der Waals surface area contributed by atoms with Gasteiger partial charge in [0.2, 0.25) is 0 Å². The van der Waals surface area contributed by atoms with Gasteiger partial charge in [-0.05, 0) is 37.1 Å². The second-order valence-corrected chi connectivity index (χ2v) is 5.40. The highest BCUT2D eigenvalue weighted by molar-refractivity contribution is 5.37. The largest absolute Gasteiger partial charge is 0.489 e. The Hall–Kier alpha value is -1.80. The lowest BCUT2D eigenvalue weighted by atomic mass is 10.0. The van der Waals surface area contributed by atoms with Crippen LogP contribution in [0, 0.1) is 0 Å². The summed E-state index contributed by atoms with van der Waals surface area (Å²) in [7, 11) is 0. The fraction of sp³-hybridized carbons (Fsp3) is 0.368. The molecule has 1 unspecified atom stereocenters. The van der Waals surface area contributed by atoms with Crippen LogP contribution in [0.25, 0.3) is 0 Å². The van der Waals surface area contributed by atoms with Gasteiger partial charge < -0.3 is 10.1 Å². The molecule has 0 radical (unpaired) electrons. The van der Waals surface area contributed by atoms with Gasteiger partial charge in [-0.15, -0.1) is 0 Å². The van der Waals surface area contributed by atoms with Crippen LogP contribution in [-0.2, 0) is 6.42 Å². The molecule has 112 valence electrons. The molecule has 0 heterocycles. The first-order chi connectivity index (χ1) is 10.3. The molecule has 0 saturated heterocycles. The number of hydrogen-bond acceptors (Lipinski definition) is 2. The highest BCUT2D eigenvalue weighted by Crippen LogP contribution is 2.22. The van der Waals surface area contributed by atoms with Crippen LogP contribution in [-0.4, -0.2) is 19.2 Å². The second kappa shape index (κ2) is 8.48. The van der Waals surface area contributed by atoms with E-state index in [-0.39, 0.29) is 6.10 Å². The molecule has 0 aliphatic heterocycles. The molecule has 2 aromatic rings. The molecule has 0 bridgehead atoms. The Bertz CT molecular complexity index is 524. The van der Waals surface area contributed by atoms with E-state index < -0.39 is 0 Å². The summed E-state index contributed by atoms with van der Waals surface area (Å²) in [4.78, 5) is 0. The van der Waals surface area contributed by atoms with Crippen LogP contribution in [0.3, 0.4) is 0 Å². The minimum absolute atomic E-state index is 0.175. The molecule has 0 amide bonds. The molecule has 0 fully saturated rings. The second-order valence-electron chi connectivity index (χ2n) is 5.40. The maximum Gasteiger partial charge on any atom is 0.123 e. The molecule has 0 aliphatic carbocycles. The molecule has 2 rings (SSSR count). The molecule has 0 spiro atoms. The van der Waals surface area contributed by atoms with E-state index in [4.69, 9.17) is 4.74 Å². The maximum atomic E-state index is 6.10. The molecule has 0 saturated carbocycles. The first-order valence-corrected chi connectivity index (χ1v) is 7.78. The monoisotopic (exact) mass is 283 g/mol. The highest BCUT2D eigenvalue weighted by Gasteiger charge is 2.08. The molecule has 0 aromatic heterocycles. The topological polar surface area (TPSA) is 21.3 Å². The van der Waals surface area contributed by atoms with Crippen molar-refractivity contribution in [2.24, 2.45) is 0 Å². The number of para-hydroxylation sites is 1. The van der Waals surface area contributed by atoms with E-state index >= 15 is 0 Å². The maximum absolute atomic E-state index is 6.10. The van der Waals surface area contributed by atoms with Gasteiger partial charge in [0.25, 0.3) is 0 Å². The van der Waals surface area contributed by atoms with Gasteiger partial charge in [-0.25, -0.2) is 0 Å². The minimum Gasteiger partial charge on any atom is -0.489 e. The Balaban J connectivity index is 1.99. The fourth-order valence-corrected chi connectivity index (χ4v) is 2.32. The van der Waals surface area contributed by atoms with Crippen molar-refractivity contribution in [3.05, 3.63) is 65.7 Å². The Morgan fingerprint density at radius 1 is 1.00 bits per heavy atom. The van der Waals surface area contributed by atoms with E-state index in [1.165, 1.54) is 11.1 Å². The summed E-state index contributed by atoms with van der Waals surface area (Å²) in [5, 5.41) is 3.40. The SMILES string of the molecule is CCCNCC(C)Oc1ccccc1Cc1ccccc1. The van der Waals surface area contributed by atoms with Gasteiger partial charge in [-0.2, -0.15) is 0 Å². The van der Waals surface area contributed by atoms with Gasteiger partial charge >= 0.3 is 0 Å². The summed E-state index contributed by atoms with van der Waals surface area (Å²) in [5.41, 5.74) is 2.55. The Morgan fingerprint density at radius 2 is 1.71 bits per heavy atom. The van der Waals surface area contributed by atoms with E-state index in [1.54, 1.807) is 0 Å². The third-order valence-electron chi connectivity index (χ3n) is 3.40. The predicted octanol–water partition coefficient (Wildman–Crippen LogP) is 4.04. The third kappa shape index (κ3) is 5.24. The summed E-state index contributed by atoms with van der Waals surface area (Å²) in [6.07, 6.45) is 2.23. The van der Waals surface area contributed by atoms with E-state index in [9.17, 15) is 0 Å². The van der Waals surface area contributed by atoms with Crippen molar-refractivity contribution in [3.8, 4) is 5.75 Å². The number of hydrogen-bond donors (Lipinski definition) is 1. The smallest absolute Gasteiger partial charge is 0.123 e. The lowest BCUT2D eigenvalue weighted by Crippen LogP contribution is -2.29. The van der Waals surface area contributed by atoms with Gasteiger partial charge in [0.15, 0.2) is 0 Å². The zero-order chi connectivity index (χ0) is 14.9. The number of ether oxygens (including phenoxy) is 1. The summed E-state index contributed by atoms with van der Waals surface area (Å²) in [6.45, 7) is 6.21. The van der Waals surface area contributed by atoms with Crippen molar-refractivity contribution < 1.29 is 4.74 Å². The number of benzene rings is 2. The van der Waals surface area contributed by atoms with Crippen LogP contribution in [0.2, 0.25) is 0 Å². The summed E-state index contributed by atoms with van der Waals surface area (Å²) in [5.74, 6) is 0.993. The first kappa shape index (κ1) is 15.6. The fourth-order valence-electron chi connectivity index (χ4n) is 2.32. The van der Waals surface area contributed by atoms with E-state index in [1.807, 2.05) is 12.1 Å². The highest BCUT2D eigenvalue weighted by atomic mass is 16.5. The molecule has 2 heteroatoms. The first-order valence-electron chi connectivity index (χ1n) is 7.78. The Labute approximate surface area is 128 Å². The van der Waals surface area contributed by atoms with Crippen molar-refractivity contribution in [1.82, 2.24) is 5.32 Å². The van der Waals surface area contributed by atoms with Crippen molar-refractivity contribution in [2.45, 2.75) is 32.8 Å². The number of rotatable bonds is 8. The molecule has 21 heavy (non-hydrogen) atoms. The normalized spacial score (nSPS) is 12.1. The van der Waals surface area contributed by atoms with Gasteiger partial charge in [0.05, 0.1) is 0 Å². The lowest BCUT2D eigenvalue weighted by molar-refractivity contribution is 0.215.